The molecule has 1 N–H and O–H groups in total. The van der Waals surface area contributed by atoms with Gasteiger partial charge in [0.1, 0.15) is 6.54 Å². The predicted molar refractivity (Wildman–Crippen MR) is 75.4 cm³/mol. The minimum absolute atomic E-state index is 0.140. The van der Waals surface area contributed by atoms with Crippen molar-refractivity contribution in [2.24, 2.45) is 0 Å². The summed E-state index contributed by atoms with van der Waals surface area (Å²) >= 11 is 0. The second-order valence-electron chi connectivity index (χ2n) is 4.30. The average Bonchev–Trinajstić information content (AvgIpc) is 2.44. The monoisotopic (exact) mass is 272 g/mol. The summed E-state index contributed by atoms with van der Waals surface area (Å²) in [5, 5.41) is 3.42. The maximum absolute atomic E-state index is 12.1. The van der Waals surface area contributed by atoms with E-state index in [4.69, 9.17) is 4.74 Å². The van der Waals surface area contributed by atoms with Crippen molar-refractivity contribution in [3.63, 3.8) is 0 Å². The Labute approximate surface area is 117 Å². The number of nitrogens with one attached hydrogen (secondary N) is 1. The number of carbonyl (C=O) groups is 2. The van der Waals surface area contributed by atoms with E-state index in [9.17, 15) is 9.59 Å². The van der Waals surface area contributed by atoms with Gasteiger partial charge in [-0.2, -0.15) is 0 Å². The predicted octanol–water partition coefficient (Wildman–Crippen LogP) is 1.84. The van der Waals surface area contributed by atoms with Gasteiger partial charge in [0.25, 0.3) is 5.91 Å². The third-order valence-electron chi connectivity index (χ3n) is 2.86. The molecule has 0 saturated carbocycles. The third-order valence-corrected chi connectivity index (χ3v) is 2.86. The summed E-state index contributed by atoms with van der Waals surface area (Å²) < 4.78 is 4.76. The number of hydrogen-bond donors (Lipinski definition) is 1. The molecule has 0 spiro atoms. The van der Waals surface area contributed by atoms with Gasteiger partial charge in [-0.1, -0.05) is 18.2 Å². The largest absolute Gasteiger partial charge is 0.465 e. The molecule has 5 nitrogen and oxygen atoms in total. The number of amides is 1. The average molecular weight is 272 g/mol. The van der Waals surface area contributed by atoms with E-state index in [0.29, 0.717) is 17.9 Å². The Morgan fingerprint density at radius 2 is 2.05 bits per heavy atom. The van der Waals surface area contributed by atoms with Crippen molar-refractivity contribution in [1.82, 2.24) is 10.3 Å². The van der Waals surface area contributed by atoms with Gasteiger partial charge < -0.3 is 10.1 Å². The molecular formula is C15H16N2O3. The molecule has 1 aromatic carbocycles. The Bertz CT molecular complexity index is 653. The highest BCUT2D eigenvalue weighted by atomic mass is 16.5. The van der Waals surface area contributed by atoms with Gasteiger partial charge in [0.15, 0.2) is 0 Å². The molecule has 0 radical (unpaired) electrons. The second kappa shape index (κ2) is 6.14. The second-order valence-corrected chi connectivity index (χ2v) is 4.30. The van der Waals surface area contributed by atoms with Gasteiger partial charge in [0.2, 0.25) is 0 Å². The van der Waals surface area contributed by atoms with Crippen molar-refractivity contribution >= 4 is 22.8 Å². The minimum atomic E-state index is -0.452. The van der Waals surface area contributed by atoms with Crippen LogP contribution in [0.25, 0.3) is 10.9 Å². The number of hydrogen-bond acceptors (Lipinski definition) is 4. The fourth-order valence-corrected chi connectivity index (χ4v) is 1.90. The summed E-state index contributed by atoms with van der Waals surface area (Å²) in [5.74, 6) is -0.777. The molecular weight excluding hydrogens is 256 g/mol. The first kappa shape index (κ1) is 14.0. The first-order valence-corrected chi connectivity index (χ1v) is 6.42. The van der Waals surface area contributed by atoms with E-state index in [1.807, 2.05) is 24.3 Å². The van der Waals surface area contributed by atoms with Crippen LogP contribution < -0.4 is 5.32 Å². The Balaban J connectivity index is 2.17. The number of para-hydroxylation sites is 1. The molecule has 104 valence electrons. The number of esters is 1. The zero-order valence-corrected chi connectivity index (χ0v) is 11.5. The zero-order valence-electron chi connectivity index (χ0n) is 11.5. The molecule has 0 aliphatic rings. The van der Waals surface area contributed by atoms with Crippen LogP contribution in [0.4, 0.5) is 0 Å². The molecule has 0 aliphatic carbocycles. The summed E-state index contributed by atoms with van der Waals surface area (Å²) in [6, 6.07) is 9.35. The van der Waals surface area contributed by atoms with E-state index >= 15 is 0 Å². The lowest BCUT2D eigenvalue weighted by atomic mass is 10.1. The fraction of sp³-hybridized carbons (Fsp3) is 0.267. The first-order chi connectivity index (χ1) is 9.61. The maximum Gasteiger partial charge on any atom is 0.325 e. The quantitative estimate of drug-likeness (QED) is 0.862. The van der Waals surface area contributed by atoms with Crippen molar-refractivity contribution in [3.8, 4) is 0 Å². The van der Waals surface area contributed by atoms with Crippen LogP contribution >= 0.6 is 0 Å². The lowest BCUT2D eigenvalue weighted by Crippen LogP contribution is -2.31. The molecule has 0 bridgehead atoms. The Hall–Kier alpha value is -2.43. The van der Waals surface area contributed by atoms with Gasteiger partial charge in [-0.05, 0) is 26.0 Å². The van der Waals surface area contributed by atoms with E-state index in [1.165, 1.54) is 0 Å². The number of carbonyl (C=O) groups excluding carboxylic acids is 2. The summed E-state index contributed by atoms with van der Waals surface area (Å²) in [4.78, 5) is 27.7. The van der Waals surface area contributed by atoms with Crippen LogP contribution in [-0.4, -0.2) is 30.0 Å². The van der Waals surface area contributed by atoms with Gasteiger partial charge in [-0.3, -0.25) is 14.6 Å². The van der Waals surface area contributed by atoms with Crippen LogP contribution in [-0.2, 0) is 9.53 Å². The van der Waals surface area contributed by atoms with Crippen LogP contribution in [0.3, 0.4) is 0 Å². The van der Waals surface area contributed by atoms with Crippen LogP contribution in [0.1, 0.15) is 23.0 Å². The highest BCUT2D eigenvalue weighted by Gasteiger charge is 2.12. The molecule has 0 atom stereocenters. The number of ether oxygens (including phenoxy) is 1. The highest BCUT2D eigenvalue weighted by molar-refractivity contribution is 5.99. The molecule has 0 unspecified atom stereocenters. The van der Waals surface area contributed by atoms with E-state index < -0.39 is 5.97 Å². The number of benzene rings is 1. The Morgan fingerprint density at radius 3 is 2.80 bits per heavy atom. The van der Waals surface area contributed by atoms with Crippen molar-refractivity contribution in [3.05, 3.63) is 41.6 Å². The van der Waals surface area contributed by atoms with Gasteiger partial charge in [-0.15, -0.1) is 0 Å². The van der Waals surface area contributed by atoms with Gasteiger partial charge in [0.05, 0.1) is 23.4 Å². The summed E-state index contributed by atoms with van der Waals surface area (Å²) in [6.07, 6.45) is 0. The maximum atomic E-state index is 12.1. The van der Waals surface area contributed by atoms with Crippen molar-refractivity contribution < 1.29 is 14.3 Å². The lowest BCUT2D eigenvalue weighted by molar-refractivity contribution is -0.141. The van der Waals surface area contributed by atoms with Crippen molar-refractivity contribution in [1.29, 1.82) is 0 Å². The number of pyridine rings is 1. The Morgan fingerprint density at radius 1 is 1.30 bits per heavy atom. The van der Waals surface area contributed by atoms with E-state index in [1.54, 1.807) is 19.9 Å². The molecule has 20 heavy (non-hydrogen) atoms. The SMILES string of the molecule is CCOC(=O)CNC(=O)c1cc2ccccc2nc1C. The molecule has 1 heterocycles. The summed E-state index contributed by atoms with van der Waals surface area (Å²) in [6.45, 7) is 3.65. The molecule has 0 saturated heterocycles. The highest BCUT2D eigenvalue weighted by Crippen LogP contribution is 2.16. The van der Waals surface area contributed by atoms with Crippen molar-refractivity contribution in [2.75, 3.05) is 13.2 Å². The van der Waals surface area contributed by atoms with Crippen molar-refractivity contribution in [2.45, 2.75) is 13.8 Å². The fourth-order valence-electron chi connectivity index (χ4n) is 1.90. The third kappa shape index (κ3) is 3.12. The normalized spacial score (nSPS) is 10.3. The smallest absolute Gasteiger partial charge is 0.325 e. The topological polar surface area (TPSA) is 68.3 Å². The van der Waals surface area contributed by atoms with E-state index in [2.05, 4.69) is 10.3 Å². The standard InChI is InChI=1S/C15H16N2O3/c1-3-20-14(18)9-16-15(19)12-8-11-6-4-5-7-13(11)17-10(12)2/h4-8H,3,9H2,1-2H3,(H,16,19). The van der Waals surface area contributed by atoms with Gasteiger partial charge >= 0.3 is 5.97 Å². The number of aryl methyl sites for hydroxylation is 1. The lowest BCUT2D eigenvalue weighted by Gasteiger charge is -2.08. The van der Waals surface area contributed by atoms with Gasteiger partial charge in [-0.25, -0.2) is 0 Å². The molecule has 0 aliphatic heterocycles. The minimum Gasteiger partial charge on any atom is -0.465 e. The molecule has 2 aromatic rings. The Kier molecular flexibility index (Phi) is 4.30. The molecule has 2 rings (SSSR count). The van der Waals surface area contributed by atoms with E-state index in [-0.39, 0.29) is 12.5 Å². The number of aromatic nitrogens is 1. The van der Waals surface area contributed by atoms with Crippen LogP contribution in [0.2, 0.25) is 0 Å². The molecule has 0 fully saturated rings. The van der Waals surface area contributed by atoms with Gasteiger partial charge in [0, 0.05) is 5.39 Å². The summed E-state index contributed by atoms with van der Waals surface area (Å²) in [7, 11) is 0. The van der Waals surface area contributed by atoms with E-state index in [0.717, 1.165) is 10.9 Å². The molecule has 5 heteroatoms. The number of fused-ring (bicyclic) bond motifs is 1. The first-order valence-electron chi connectivity index (χ1n) is 6.42. The van der Waals surface area contributed by atoms with Crippen LogP contribution in [0.5, 0.6) is 0 Å². The summed E-state index contributed by atoms with van der Waals surface area (Å²) in [5.41, 5.74) is 1.94. The molecule has 1 aromatic heterocycles. The molecule has 1 amide bonds. The number of rotatable bonds is 4. The number of nitrogens with zero attached hydrogens (tertiary/aromatic N) is 1. The zero-order chi connectivity index (χ0) is 14.5. The van der Waals surface area contributed by atoms with Crippen LogP contribution in [0.15, 0.2) is 30.3 Å². The van der Waals surface area contributed by atoms with Crippen LogP contribution in [0, 0.1) is 6.92 Å².